The van der Waals surface area contributed by atoms with Crippen LogP contribution in [-0.4, -0.2) is 59.1 Å². The fourth-order valence-corrected chi connectivity index (χ4v) is 3.63. The second-order valence-electron chi connectivity index (χ2n) is 6.91. The Balaban J connectivity index is 1.85. The Labute approximate surface area is 147 Å². The summed E-state index contributed by atoms with van der Waals surface area (Å²) in [6, 6.07) is 1.96. The van der Waals surface area contributed by atoms with Gasteiger partial charge in [0.05, 0.1) is 18.2 Å². The van der Waals surface area contributed by atoms with E-state index in [-0.39, 0.29) is 0 Å². The van der Waals surface area contributed by atoms with Crippen LogP contribution in [0, 0.1) is 6.92 Å². The summed E-state index contributed by atoms with van der Waals surface area (Å²) in [5.41, 5.74) is 1.94. The SMILES string of the molecule is Cc1ncn(C)c1-c1nc(C2CCCN(C)C2)nn1-c1ccnn1C. The first-order valence-electron chi connectivity index (χ1n) is 8.66. The van der Waals surface area contributed by atoms with E-state index in [1.165, 1.54) is 6.42 Å². The van der Waals surface area contributed by atoms with Gasteiger partial charge < -0.3 is 9.47 Å². The van der Waals surface area contributed by atoms with Crippen LogP contribution in [0.2, 0.25) is 0 Å². The lowest BCUT2D eigenvalue weighted by molar-refractivity contribution is 0.246. The predicted octanol–water partition coefficient (Wildman–Crippen LogP) is 1.52. The second kappa shape index (κ2) is 6.11. The molecular weight excluding hydrogens is 316 g/mol. The maximum atomic E-state index is 4.95. The number of imidazole rings is 1. The highest BCUT2D eigenvalue weighted by molar-refractivity contribution is 5.56. The van der Waals surface area contributed by atoms with Crippen LogP contribution >= 0.6 is 0 Å². The Kier molecular flexibility index (Phi) is 3.91. The fraction of sp³-hybridized carbons (Fsp3) is 0.529. The summed E-state index contributed by atoms with van der Waals surface area (Å²) < 4.78 is 5.73. The minimum atomic E-state index is 0.362. The molecule has 3 aromatic heterocycles. The zero-order valence-electron chi connectivity index (χ0n) is 15.2. The zero-order chi connectivity index (χ0) is 17.6. The van der Waals surface area contributed by atoms with Crippen molar-refractivity contribution in [1.82, 2.24) is 39.0 Å². The monoisotopic (exact) mass is 340 g/mol. The Morgan fingerprint density at radius 2 is 2.04 bits per heavy atom. The topological polar surface area (TPSA) is 69.6 Å². The number of nitrogens with zero attached hydrogens (tertiary/aromatic N) is 8. The molecule has 1 aliphatic heterocycles. The molecule has 0 N–H and O–H groups in total. The summed E-state index contributed by atoms with van der Waals surface area (Å²) >= 11 is 0. The Morgan fingerprint density at radius 1 is 1.20 bits per heavy atom. The van der Waals surface area contributed by atoms with E-state index < -0.39 is 0 Å². The van der Waals surface area contributed by atoms with E-state index in [2.05, 4.69) is 22.0 Å². The van der Waals surface area contributed by atoms with E-state index in [9.17, 15) is 0 Å². The number of aromatic nitrogens is 7. The van der Waals surface area contributed by atoms with Gasteiger partial charge in [-0.1, -0.05) is 0 Å². The molecule has 1 fully saturated rings. The quantitative estimate of drug-likeness (QED) is 0.723. The molecule has 1 aliphatic rings. The average molecular weight is 340 g/mol. The van der Waals surface area contributed by atoms with Crippen molar-refractivity contribution in [3.63, 3.8) is 0 Å². The minimum Gasteiger partial charge on any atom is -0.331 e. The van der Waals surface area contributed by atoms with Crippen molar-refractivity contribution < 1.29 is 0 Å². The fourth-order valence-electron chi connectivity index (χ4n) is 3.63. The number of likely N-dealkylation sites (tertiary alicyclic amines) is 1. The molecule has 0 spiro atoms. The first kappa shape index (κ1) is 16.0. The van der Waals surface area contributed by atoms with Crippen molar-refractivity contribution in [3.05, 3.63) is 30.1 Å². The maximum absolute atomic E-state index is 4.95. The van der Waals surface area contributed by atoms with Crippen LogP contribution in [0.4, 0.5) is 0 Å². The standard InChI is InChI=1S/C17H24N8/c1-12-15(23(3)11-18-12)17-20-16(13-6-5-9-22(2)10-13)21-25(17)14-7-8-19-24(14)4/h7-8,11,13H,5-6,9-10H2,1-4H3. The lowest BCUT2D eigenvalue weighted by atomic mass is 9.98. The summed E-state index contributed by atoms with van der Waals surface area (Å²) in [6.45, 7) is 4.15. The second-order valence-corrected chi connectivity index (χ2v) is 6.91. The molecule has 8 heteroatoms. The van der Waals surface area contributed by atoms with Crippen LogP contribution in [0.15, 0.2) is 18.6 Å². The average Bonchev–Trinajstić information content (AvgIpc) is 3.26. The van der Waals surface area contributed by atoms with Crippen molar-refractivity contribution in [3.8, 4) is 17.3 Å². The smallest absolute Gasteiger partial charge is 0.183 e. The van der Waals surface area contributed by atoms with Gasteiger partial charge in [-0.2, -0.15) is 9.78 Å². The third-order valence-corrected chi connectivity index (χ3v) is 4.96. The molecule has 0 bridgehead atoms. The van der Waals surface area contributed by atoms with Gasteiger partial charge in [-0.05, 0) is 33.4 Å². The molecule has 0 aromatic carbocycles. The Bertz CT molecular complexity index is 867. The van der Waals surface area contributed by atoms with Crippen molar-refractivity contribution in [2.24, 2.45) is 14.1 Å². The van der Waals surface area contributed by atoms with Crippen LogP contribution in [0.25, 0.3) is 17.3 Å². The molecule has 3 aromatic rings. The Hall–Kier alpha value is -2.48. The number of rotatable bonds is 3. The number of piperidine rings is 1. The molecular formula is C17H24N8. The summed E-state index contributed by atoms with van der Waals surface area (Å²) in [5, 5.41) is 9.18. The van der Waals surface area contributed by atoms with Crippen molar-refractivity contribution >= 4 is 0 Å². The molecule has 8 nitrogen and oxygen atoms in total. The first-order chi connectivity index (χ1) is 12.0. The molecule has 0 aliphatic carbocycles. The third-order valence-electron chi connectivity index (χ3n) is 4.96. The van der Waals surface area contributed by atoms with Crippen LogP contribution in [0.1, 0.15) is 30.3 Å². The van der Waals surface area contributed by atoms with Gasteiger partial charge in [0.15, 0.2) is 17.5 Å². The lowest BCUT2D eigenvalue weighted by Gasteiger charge is -2.27. The molecule has 4 rings (SSSR count). The van der Waals surface area contributed by atoms with Crippen molar-refractivity contribution in [2.75, 3.05) is 20.1 Å². The largest absolute Gasteiger partial charge is 0.331 e. The molecule has 132 valence electrons. The van der Waals surface area contributed by atoms with Crippen LogP contribution in [0.3, 0.4) is 0 Å². The molecule has 1 unspecified atom stereocenters. The molecule has 4 heterocycles. The predicted molar refractivity (Wildman–Crippen MR) is 94.5 cm³/mol. The summed E-state index contributed by atoms with van der Waals surface area (Å²) in [6.07, 6.45) is 5.91. The number of hydrogen-bond donors (Lipinski definition) is 0. The highest BCUT2D eigenvalue weighted by Crippen LogP contribution is 2.29. The van der Waals surface area contributed by atoms with E-state index in [1.807, 2.05) is 47.3 Å². The van der Waals surface area contributed by atoms with Crippen molar-refractivity contribution in [1.29, 1.82) is 0 Å². The molecule has 0 amide bonds. The molecule has 25 heavy (non-hydrogen) atoms. The van der Waals surface area contributed by atoms with E-state index >= 15 is 0 Å². The lowest BCUT2D eigenvalue weighted by Crippen LogP contribution is -2.31. The summed E-state index contributed by atoms with van der Waals surface area (Å²) in [5.74, 6) is 2.99. The van der Waals surface area contributed by atoms with E-state index in [0.717, 1.165) is 48.4 Å². The van der Waals surface area contributed by atoms with Gasteiger partial charge in [0.2, 0.25) is 0 Å². The van der Waals surface area contributed by atoms with E-state index in [0.29, 0.717) is 5.92 Å². The molecule has 1 atom stereocenters. The summed E-state index contributed by atoms with van der Waals surface area (Å²) in [4.78, 5) is 11.7. The number of aryl methyl sites for hydroxylation is 3. The molecule has 0 saturated carbocycles. The van der Waals surface area contributed by atoms with Gasteiger partial charge >= 0.3 is 0 Å². The summed E-state index contributed by atoms with van der Waals surface area (Å²) in [7, 11) is 6.08. The maximum Gasteiger partial charge on any atom is 0.183 e. The van der Waals surface area contributed by atoms with Crippen molar-refractivity contribution in [2.45, 2.75) is 25.7 Å². The van der Waals surface area contributed by atoms with E-state index in [1.54, 1.807) is 6.20 Å². The van der Waals surface area contributed by atoms with Gasteiger partial charge in [0.1, 0.15) is 5.69 Å². The number of hydrogen-bond acceptors (Lipinski definition) is 5. The molecule has 0 radical (unpaired) electrons. The highest BCUT2D eigenvalue weighted by Gasteiger charge is 2.27. The van der Waals surface area contributed by atoms with Gasteiger partial charge in [-0.15, -0.1) is 5.10 Å². The highest BCUT2D eigenvalue weighted by atomic mass is 15.4. The van der Waals surface area contributed by atoms with Gasteiger partial charge in [-0.3, -0.25) is 4.68 Å². The van der Waals surface area contributed by atoms with Crippen LogP contribution < -0.4 is 0 Å². The van der Waals surface area contributed by atoms with E-state index in [4.69, 9.17) is 10.1 Å². The zero-order valence-corrected chi connectivity index (χ0v) is 15.2. The third kappa shape index (κ3) is 2.76. The molecule has 1 saturated heterocycles. The van der Waals surface area contributed by atoms with Crippen LogP contribution in [0.5, 0.6) is 0 Å². The van der Waals surface area contributed by atoms with Gasteiger partial charge in [0.25, 0.3) is 0 Å². The van der Waals surface area contributed by atoms with Crippen LogP contribution in [-0.2, 0) is 14.1 Å². The van der Waals surface area contributed by atoms with Gasteiger partial charge in [-0.25, -0.2) is 9.97 Å². The van der Waals surface area contributed by atoms with Gasteiger partial charge in [0, 0.05) is 32.6 Å². The normalized spacial score (nSPS) is 18.8. The number of likely N-dealkylation sites (N-methyl/N-ethyl adjacent to an activating group) is 1. The Morgan fingerprint density at radius 3 is 2.68 bits per heavy atom. The minimum absolute atomic E-state index is 0.362. The first-order valence-corrected chi connectivity index (χ1v) is 8.66.